The van der Waals surface area contributed by atoms with Crippen molar-refractivity contribution in [1.82, 2.24) is 10.5 Å². The van der Waals surface area contributed by atoms with Crippen LogP contribution in [0.4, 0.5) is 5.69 Å². The SMILES string of the molecule is CN1CCc2cc(C(O)CNC(=O)c3cc(-c4ccco4)on3)ccc21. The van der Waals surface area contributed by atoms with Crippen LogP contribution >= 0.6 is 0 Å². The fraction of sp³-hybridized carbons (Fsp3) is 0.263. The predicted molar refractivity (Wildman–Crippen MR) is 94.9 cm³/mol. The Hall–Kier alpha value is -3.06. The van der Waals surface area contributed by atoms with Crippen LogP contribution < -0.4 is 10.2 Å². The molecule has 4 rings (SSSR count). The van der Waals surface area contributed by atoms with Crippen molar-refractivity contribution in [1.29, 1.82) is 0 Å². The quantitative estimate of drug-likeness (QED) is 0.732. The summed E-state index contributed by atoms with van der Waals surface area (Å²) >= 11 is 0. The molecule has 1 aliphatic heterocycles. The molecular weight excluding hydrogens is 334 g/mol. The van der Waals surface area contributed by atoms with E-state index in [1.165, 1.54) is 23.6 Å². The van der Waals surface area contributed by atoms with Crippen LogP contribution in [0.3, 0.4) is 0 Å². The van der Waals surface area contributed by atoms with E-state index in [1.54, 1.807) is 12.1 Å². The molecule has 26 heavy (non-hydrogen) atoms. The zero-order valence-corrected chi connectivity index (χ0v) is 14.3. The number of fused-ring (bicyclic) bond motifs is 1. The van der Waals surface area contributed by atoms with Gasteiger partial charge in [0.05, 0.1) is 12.4 Å². The molecule has 0 fully saturated rings. The van der Waals surface area contributed by atoms with E-state index in [0.717, 1.165) is 18.5 Å². The normalized spacial score (nSPS) is 14.3. The summed E-state index contributed by atoms with van der Waals surface area (Å²) in [5.41, 5.74) is 3.34. The van der Waals surface area contributed by atoms with Crippen molar-refractivity contribution in [3.05, 3.63) is 59.5 Å². The molecule has 1 aliphatic rings. The molecule has 1 aromatic carbocycles. The number of nitrogens with one attached hydrogen (secondary N) is 1. The van der Waals surface area contributed by atoms with Gasteiger partial charge in [-0.25, -0.2) is 0 Å². The Morgan fingerprint density at radius 1 is 1.35 bits per heavy atom. The molecule has 0 radical (unpaired) electrons. The third-order valence-electron chi connectivity index (χ3n) is 4.58. The number of anilines is 1. The summed E-state index contributed by atoms with van der Waals surface area (Å²) in [4.78, 5) is 14.4. The van der Waals surface area contributed by atoms with Crippen molar-refractivity contribution >= 4 is 11.6 Å². The summed E-state index contributed by atoms with van der Waals surface area (Å²) in [6.45, 7) is 1.08. The Morgan fingerprint density at radius 3 is 3.04 bits per heavy atom. The van der Waals surface area contributed by atoms with E-state index in [4.69, 9.17) is 8.94 Å². The summed E-state index contributed by atoms with van der Waals surface area (Å²) in [5.74, 6) is 0.467. The number of amides is 1. The Morgan fingerprint density at radius 2 is 2.23 bits per heavy atom. The highest BCUT2D eigenvalue weighted by Gasteiger charge is 2.19. The summed E-state index contributed by atoms with van der Waals surface area (Å²) < 4.78 is 10.3. The van der Waals surface area contributed by atoms with Gasteiger partial charge in [-0.3, -0.25) is 4.79 Å². The molecule has 0 saturated carbocycles. The average Bonchev–Trinajstić information content (AvgIpc) is 3.39. The van der Waals surface area contributed by atoms with Crippen LogP contribution in [-0.4, -0.2) is 36.3 Å². The van der Waals surface area contributed by atoms with Crippen molar-refractivity contribution < 1.29 is 18.8 Å². The summed E-state index contributed by atoms with van der Waals surface area (Å²) in [5, 5.41) is 16.8. The van der Waals surface area contributed by atoms with E-state index >= 15 is 0 Å². The molecule has 2 N–H and O–H groups in total. The zero-order valence-electron chi connectivity index (χ0n) is 14.3. The molecule has 1 atom stereocenters. The summed E-state index contributed by atoms with van der Waals surface area (Å²) in [6.07, 6.45) is 1.70. The van der Waals surface area contributed by atoms with E-state index in [0.29, 0.717) is 11.5 Å². The molecule has 3 aromatic rings. The van der Waals surface area contributed by atoms with Crippen molar-refractivity contribution in [3.8, 4) is 11.5 Å². The minimum Gasteiger partial charge on any atom is -0.461 e. The number of furan rings is 1. The van der Waals surface area contributed by atoms with Crippen LogP contribution in [0.15, 0.2) is 51.6 Å². The second-order valence-corrected chi connectivity index (χ2v) is 6.34. The van der Waals surface area contributed by atoms with Gasteiger partial charge in [-0.05, 0) is 35.7 Å². The number of benzene rings is 1. The Bertz CT molecular complexity index is 917. The minimum atomic E-state index is -0.786. The van der Waals surface area contributed by atoms with Gasteiger partial charge in [-0.15, -0.1) is 0 Å². The van der Waals surface area contributed by atoms with E-state index in [-0.39, 0.29) is 12.2 Å². The number of hydrogen-bond acceptors (Lipinski definition) is 6. The molecule has 7 nitrogen and oxygen atoms in total. The van der Waals surface area contributed by atoms with Crippen LogP contribution in [0.25, 0.3) is 11.5 Å². The lowest BCUT2D eigenvalue weighted by Gasteiger charge is -2.15. The van der Waals surface area contributed by atoms with Crippen LogP contribution in [-0.2, 0) is 6.42 Å². The molecule has 0 saturated heterocycles. The summed E-state index contributed by atoms with van der Waals surface area (Å²) in [6, 6.07) is 10.9. The monoisotopic (exact) mass is 353 g/mol. The highest BCUT2D eigenvalue weighted by molar-refractivity contribution is 5.92. The van der Waals surface area contributed by atoms with Crippen LogP contribution in [0, 0.1) is 0 Å². The van der Waals surface area contributed by atoms with Gasteiger partial charge in [0, 0.05) is 31.9 Å². The molecule has 0 spiro atoms. The first-order valence-corrected chi connectivity index (χ1v) is 8.42. The third kappa shape index (κ3) is 3.09. The van der Waals surface area contributed by atoms with E-state index in [2.05, 4.69) is 22.4 Å². The summed E-state index contributed by atoms with van der Waals surface area (Å²) in [7, 11) is 2.05. The van der Waals surface area contributed by atoms with Crippen LogP contribution in [0.1, 0.15) is 27.7 Å². The number of aliphatic hydroxyl groups excluding tert-OH is 1. The maximum Gasteiger partial charge on any atom is 0.273 e. The lowest BCUT2D eigenvalue weighted by molar-refractivity contribution is 0.0907. The van der Waals surface area contributed by atoms with E-state index in [1.807, 2.05) is 18.2 Å². The fourth-order valence-corrected chi connectivity index (χ4v) is 3.11. The molecule has 134 valence electrons. The molecule has 2 aromatic heterocycles. The minimum absolute atomic E-state index is 0.0937. The standard InChI is InChI=1S/C19H19N3O4/c1-22-7-6-12-9-13(4-5-15(12)22)16(23)11-20-19(24)14-10-18(26-21-14)17-3-2-8-25-17/h2-5,8-10,16,23H,6-7,11H2,1H3,(H,20,24). The number of aliphatic hydroxyl groups is 1. The Labute approximate surface area is 150 Å². The highest BCUT2D eigenvalue weighted by Crippen LogP contribution is 2.29. The fourth-order valence-electron chi connectivity index (χ4n) is 3.11. The molecule has 0 aliphatic carbocycles. The number of hydrogen-bond donors (Lipinski definition) is 2. The molecule has 1 unspecified atom stereocenters. The lowest BCUT2D eigenvalue weighted by Crippen LogP contribution is -2.28. The largest absolute Gasteiger partial charge is 0.461 e. The van der Waals surface area contributed by atoms with Crippen LogP contribution in [0.2, 0.25) is 0 Å². The second kappa shape index (κ2) is 6.68. The Kier molecular flexibility index (Phi) is 4.22. The number of likely N-dealkylation sites (N-methyl/N-ethyl adjacent to an activating group) is 1. The molecule has 0 bridgehead atoms. The number of nitrogens with zero attached hydrogens (tertiary/aromatic N) is 2. The van der Waals surface area contributed by atoms with Gasteiger partial charge in [0.15, 0.2) is 11.5 Å². The Balaban J connectivity index is 1.38. The van der Waals surface area contributed by atoms with Gasteiger partial charge in [0.2, 0.25) is 5.76 Å². The van der Waals surface area contributed by atoms with Crippen molar-refractivity contribution in [3.63, 3.8) is 0 Å². The van der Waals surface area contributed by atoms with Gasteiger partial charge in [0.25, 0.3) is 5.91 Å². The molecular formula is C19H19N3O4. The molecule has 3 heterocycles. The first kappa shape index (κ1) is 16.4. The smallest absolute Gasteiger partial charge is 0.273 e. The van der Waals surface area contributed by atoms with Gasteiger partial charge in [-0.1, -0.05) is 17.3 Å². The first-order chi connectivity index (χ1) is 12.6. The predicted octanol–water partition coefficient (Wildman–Crippen LogP) is 2.39. The van der Waals surface area contributed by atoms with E-state index < -0.39 is 12.0 Å². The lowest BCUT2D eigenvalue weighted by atomic mass is 10.0. The van der Waals surface area contributed by atoms with Crippen molar-refractivity contribution in [2.24, 2.45) is 0 Å². The van der Waals surface area contributed by atoms with Gasteiger partial charge in [0.1, 0.15) is 0 Å². The van der Waals surface area contributed by atoms with Crippen molar-refractivity contribution in [2.45, 2.75) is 12.5 Å². The van der Waals surface area contributed by atoms with Gasteiger partial charge >= 0.3 is 0 Å². The maximum atomic E-state index is 12.2. The van der Waals surface area contributed by atoms with Crippen LogP contribution in [0.5, 0.6) is 0 Å². The highest BCUT2D eigenvalue weighted by atomic mass is 16.5. The first-order valence-electron chi connectivity index (χ1n) is 8.42. The number of rotatable bonds is 5. The van der Waals surface area contributed by atoms with Crippen molar-refractivity contribution in [2.75, 3.05) is 25.0 Å². The van der Waals surface area contributed by atoms with Gasteiger partial charge < -0.3 is 24.3 Å². The number of carbonyl (C=O) groups is 1. The number of aromatic nitrogens is 1. The average molecular weight is 353 g/mol. The third-order valence-corrected chi connectivity index (χ3v) is 4.58. The zero-order chi connectivity index (χ0) is 18.1. The maximum absolute atomic E-state index is 12.2. The van der Waals surface area contributed by atoms with E-state index in [9.17, 15) is 9.90 Å². The molecule has 1 amide bonds. The van der Waals surface area contributed by atoms with Gasteiger partial charge in [-0.2, -0.15) is 0 Å². The topological polar surface area (TPSA) is 91.7 Å². The molecule has 7 heteroatoms. The second-order valence-electron chi connectivity index (χ2n) is 6.34. The number of carbonyl (C=O) groups excluding carboxylic acids is 1.